The van der Waals surface area contributed by atoms with Gasteiger partial charge < -0.3 is 14.4 Å². The fraction of sp³-hybridized carbons (Fsp3) is 0.957. The molecule has 0 spiro atoms. The van der Waals surface area contributed by atoms with Crippen LogP contribution in [0, 0.1) is 5.41 Å². The van der Waals surface area contributed by atoms with Crippen LogP contribution in [0.25, 0.3) is 0 Å². The molecule has 3 heteroatoms. The molecule has 0 aromatic carbocycles. The van der Waals surface area contributed by atoms with Crippen molar-refractivity contribution in [1.82, 2.24) is 0 Å². The second-order valence-electron chi connectivity index (χ2n) is 9.82. The average molecular weight is 370 g/mol. The van der Waals surface area contributed by atoms with Gasteiger partial charge in [-0.25, -0.2) is 0 Å². The first-order valence-electron chi connectivity index (χ1n) is 11.1. The molecule has 3 nitrogen and oxygen atoms in total. The van der Waals surface area contributed by atoms with Gasteiger partial charge in [0.05, 0.1) is 27.1 Å². The van der Waals surface area contributed by atoms with E-state index in [2.05, 4.69) is 20.8 Å². The van der Waals surface area contributed by atoms with Crippen LogP contribution in [0.1, 0.15) is 111 Å². The Hall–Kier alpha value is -0.570. The first-order chi connectivity index (χ1) is 12.1. The van der Waals surface area contributed by atoms with E-state index in [1.807, 2.05) is 21.1 Å². The molecule has 0 aliphatic rings. The maximum absolute atomic E-state index is 11.6. The lowest BCUT2D eigenvalue weighted by Crippen LogP contribution is -2.61. The van der Waals surface area contributed by atoms with Crippen LogP contribution in [-0.2, 0) is 4.79 Å². The third-order valence-electron chi connectivity index (χ3n) is 5.66. The Morgan fingerprint density at radius 2 is 1.12 bits per heavy atom. The second kappa shape index (κ2) is 13.6. The molecule has 1 atom stereocenters. The summed E-state index contributed by atoms with van der Waals surface area (Å²) in [6.45, 7) is 6.43. The maximum atomic E-state index is 11.6. The molecule has 0 saturated carbocycles. The molecule has 26 heavy (non-hydrogen) atoms. The number of unbranched alkanes of at least 4 members (excludes halogenated alkanes) is 12. The van der Waals surface area contributed by atoms with Crippen LogP contribution < -0.4 is 5.11 Å². The number of carboxylic acids is 1. The monoisotopic (exact) mass is 369 g/mol. The molecule has 0 rings (SSSR count). The number of quaternary nitrogens is 1. The van der Waals surface area contributed by atoms with Gasteiger partial charge in [-0.1, -0.05) is 104 Å². The smallest absolute Gasteiger partial charge is 0.134 e. The molecule has 156 valence electrons. The summed E-state index contributed by atoms with van der Waals surface area (Å²) < 4.78 is 0.424. The Morgan fingerprint density at radius 3 is 1.42 bits per heavy atom. The van der Waals surface area contributed by atoms with Crippen LogP contribution >= 0.6 is 0 Å². The predicted molar refractivity (Wildman–Crippen MR) is 111 cm³/mol. The van der Waals surface area contributed by atoms with Crippen LogP contribution in [0.5, 0.6) is 0 Å². The molecule has 0 radical (unpaired) electrons. The van der Waals surface area contributed by atoms with Crippen LogP contribution in [0.15, 0.2) is 0 Å². The Balaban J connectivity index is 3.72. The highest BCUT2D eigenvalue weighted by Crippen LogP contribution is 2.33. The van der Waals surface area contributed by atoms with E-state index in [4.69, 9.17) is 0 Å². The van der Waals surface area contributed by atoms with E-state index in [0.29, 0.717) is 4.48 Å². The number of likely N-dealkylation sites (N-methyl/N-ethyl adjacent to an activating group) is 1. The van der Waals surface area contributed by atoms with Crippen molar-refractivity contribution >= 4 is 5.97 Å². The fourth-order valence-electron chi connectivity index (χ4n) is 4.42. The molecule has 0 aromatic heterocycles. The van der Waals surface area contributed by atoms with Crippen molar-refractivity contribution in [1.29, 1.82) is 0 Å². The molecular formula is C23H47NO2. The Bertz CT molecular complexity index is 358. The predicted octanol–water partition coefficient (Wildman–Crippen LogP) is 5.32. The number of carbonyl (C=O) groups excluding carboxylic acids is 1. The molecule has 0 amide bonds. The second-order valence-corrected chi connectivity index (χ2v) is 9.82. The third kappa shape index (κ3) is 11.9. The summed E-state index contributed by atoms with van der Waals surface area (Å²) in [6, 6.07) is -0.458. The summed E-state index contributed by atoms with van der Waals surface area (Å²) in [7, 11) is 5.85. The number of carboxylic acid groups (broad SMARTS) is 1. The van der Waals surface area contributed by atoms with E-state index < -0.39 is 12.0 Å². The highest BCUT2D eigenvalue weighted by Gasteiger charge is 2.39. The number of carbonyl (C=O) groups is 1. The van der Waals surface area contributed by atoms with Gasteiger partial charge in [-0.2, -0.15) is 0 Å². The third-order valence-corrected chi connectivity index (χ3v) is 5.66. The zero-order valence-electron chi connectivity index (χ0n) is 18.7. The number of nitrogens with zero attached hydrogens (tertiary/aromatic N) is 1. The molecule has 1 unspecified atom stereocenters. The molecule has 0 fully saturated rings. The van der Waals surface area contributed by atoms with E-state index in [-0.39, 0.29) is 5.41 Å². The molecule has 0 aliphatic carbocycles. The summed E-state index contributed by atoms with van der Waals surface area (Å²) in [5.74, 6) is -0.919. The SMILES string of the molecule is CCCCCCCCCCCCCCCC(C)(C)C(C(=O)[O-])[N+](C)(C)C. The summed E-state index contributed by atoms with van der Waals surface area (Å²) >= 11 is 0. The highest BCUT2D eigenvalue weighted by atomic mass is 16.4. The van der Waals surface area contributed by atoms with E-state index >= 15 is 0 Å². The summed E-state index contributed by atoms with van der Waals surface area (Å²) in [5.41, 5.74) is -0.227. The summed E-state index contributed by atoms with van der Waals surface area (Å²) in [4.78, 5) is 11.6. The highest BCUT2D eigenvalue weighted by molar-refractivity contribution is 5.70. The molecule has 0 bridgehead atoms. The Morgan fingerprint density at radius 1 is 0.769 bits per heavy atom. The molecule has 0 aliphatic heterocycles. The van der Waals surface area contributed by atoms with E-state index in [0.717, 1.165) is 12.8 Å². The van der Waals surface area contributed by atoms with Gasteiger partial charge in [-0.15, -0.1) is 0 Å². The average Bonchev–Trinajstić information content (AvgIpc) is 2.49. The van der Waals surface area contributed by atoms with Gasteiger partial charge in [-0.3, -0.25) is 0 Å². The largest absolute Gasteiger partial charge is 0.544 e. The molecular weight excluding hydrogens is 322 g/mol. The molecule has 0 saturated heterocycles. The van der Waals surface area contributed by atoms with Crippen LogP contribution in [0.4, 0.5) is 0 Å². The lowest BCUT2D eigenvalue weighted by atomic mass is 9.78. The van der Waals surface area contributed by atoms with Gasteiger partial charge in [0.25, 0.3) is 0 Å². The van der Waals surface area contributed by atoms with Gasteiger partial charge in [-0.05, 0) is 6.42 Å². The Labute approximate surface area is 164 Å². The summed E-state index contributed by atoms with van der Waals surface area (Å²) in [5, 5.41) is 11.6. The molecule has 0 N–H and O–H groups in total. The van der Waals surface area contributed by atoms with Crippen molar-refractivity contribution in [3.05, 3.63) is 0 Å². The minimum Gasteiger partial charge on any atom is -0.544 e. The fourth-order valence-corrected chi connectivity index (χ4v) is 4.42. The van der Waals surface area contributed by atoms with Gasteiger partial charge >= 0.3 is 0 Å². The van der Waals surface area contributed by atoms with Crippen LogP contribution in [0.3, 0.4) is 0 Å². The minimum atomic E-state index is -0.919. The van der Waals surface area contributed by atoms with E-state index in [1.54, 1.807) is 0 Å². The van der Waals surface area contributed by atoms with Crippen molar-refractivity contribution in [3.8, 4) is 0 Å². The van der Waals surface area contributed by atoms with Crippen LogP contribution in [0.2, 0.25) is 0 Å². The summed E-state index contributed by atoms with van der Waals surface area (Å²) in [6.07, 6.45) is 18.4. The molecule has 0 aromatic rings. The van der Waals surface area contributed by atoms with E-state index in [9.17, 15) is 9.90 Å². The zero-order chi connectivity index (χ0) is 20.1. The van der Waals surface area contributed by atoms with Gasteiger partial charge in [0.1, 0.15) is 6.04 Å². The van der Waals surface area contributed by atoms with Crippen molar-refractivity contribution in [2.75, 3.05) is 21.1 Å². The standard InChI is InChI=1S/C23H47NO2/c1-7-8-9-10-11-12-13-14-15-16-17-18-19-20-23(2,3)21(22(25)26)24(4,5)6/h21H,7-20H2,1-6H3. The minimum absolute atomic E-state index is 0.227. The van der Waals surface area contributed by atoms with Crippen molar-refractivity contribution in [2.45, 2.75) is 117 Å². The van der Waals surface area contributed by atoms with Crippen molar-refractivity contribution < 1.29 is 14.4 Å². The Kier molecular flexibility index (Phi) is 13.3. The van der Waals surface area contributed by atoms with Gasteiger partial charge in [0.2, 0.25) is 0 Å². The van der Waals surface area contributed by atoms with Gasteiger partial charge in [0, 0.05) is 5.41 Å². The lowest BCUT2D eigenvalue weighted by Gasteiger charge is -2.44. The van der Waals surface area contributed by atoms with Gasteiger partial charge in [0.15, 0.2) is 0 Å². The normalized spacial score (nSPS) is 13.8. The number of hydrogen-bond acceptors (Lipinski definition) is 2. The molecule has 0 heterocycles. The lowest BCUT2D eigenvalue weighted by molar-refractivity contribution is -0.896. The maximum Gasteiger partial charge on any atom is 0.134 e. The number of hydrogen-bond donors (Lipinski definition) is 0. The quantitative estimate of drug-likeness (QED) is 0.257. The van der Waals surface area contributed by atoms with Crippen molar-refractivity contribution in [2.24, 2.45) is 5.41 Å². The first kappa shape index (κ1) is 25.4. The zero-order valence-corrected chi connectivity index (χ0v) is 18.7. The number of rotatable bonds is 17. The number of aliphatic carboxylic acids is 1. The first-order valence-corrected chi connectivity index (χ1v) is 11.1. The van der Waals surface area contributed by atoms with Crippen LogP contribution in [-0.4, -0.2) is 37.6 Å². The topological polar surface area (TPSA) is 40.1 Å². The van der Waals surface area contributed by atoms with E-state index in [1.165, 1.54) is 77.0 Å². The van der Waals surface area contributed by atoms with Crippen molar-refractivity contribution in [3.63, 3.8) is 0 Å².